The van der Waals surface area contributed by atoms with Gasteiger partial charge < -0.3 is 10.2 Å². The molecule has 17 heavy (non-hydrogen) atoms. The van der Waals surface area contributed by atoms with Crippen molar-refractivity contribution in [1.82, 2.24) is 4.98 Å². The molecule has 0 spiro atoms. The van der Waals surface area contributed by atoms with Crippen molar-refractivity contribution in [3.05, 3.63) is 18.2 Å². The van der Waals surface area contributed by atoms with Crippen LogP contribution in [0, 0.1) is 11.8 Å². The molecule has 0 aliphatic carbocycles. The van der Waals surface area contributed by atoms with Crippen LogP contribution in [0.5, 0.6) is 0 Å². The Morgan fingerprint density at radius 1 is 1.12 bits per heavy atom. The molecular weight excluding hydrogens is 210 g/mol. The summed E-state index contributed by atoms with van der Waals surface area (Å²) in [5.41, 5.74) is 0. The minimum atomic E-state index is 0.647. The van der Waals surface area contributed by atoms with Crippen LogP contribution >= 0.6 is 0 Å². The van der Waals surface area contributed by atoms with Gasteiger partial charge in [-0.05, 0) is 24.0 Å². The Bertz CT molecular complexity index is 324. The van der Waals surface area contributed by atoms with Gasteiger partial charge in [0.25, 0.3) is 0 Å². The van der Waals surface area contributed by atoms with Gasteiger partial charge in [0, 0.05) is 20.1 Å². The summed E-state index contributed by atoms with van der Waals surface area (Å²) in [6, 6.07) is 6.14. The van der Waals surface area contributed by atoms with Crippen molar-refractivity contribution in [2.24, 2.45) is 11.8 Å². The predicted molar refractivity (Wildman–Crippen MR) is 75.7 cm³/mol. The molecule has 1 rings (SSSR count). The topological polar surface area (TPSA) is 28.2 Å². The molecule has 1 aromatic rings. The third kappa shape index (κ3) is 4.63. The maximum atomic E-state index is 4.61. The first-order valence-corrected chi connectivity index (χ1v) is 6.42. The van der Waals surface area contributed by atoms with Crippen molar-refractivity contribution in [2.75, 3.05) is 30.4 Å². The molecule has 0 atom stereocenters. The Kier molecular flexibility index (Phi) is 5.26. The molecule has 3 nitrogen and oxygen atoms in total. The van der Waals surface area contributed by atoms with Gasteiger partial charge in [-0.15, -0.1) is 0 Å². The first-order valence-electron chi connectivity index (χ1n) is 6.42. The van der Waals surface area contributed by atoms with E-state index in [1.807, 2.05) is 13.1 Å². The Hall–Kier alpha value is -1.25. The largest absolute Gasteiger partial charge is 0.373 e. The van der Waals surface area contributed by atoms with Crippen molar-refractivity contribution in [2.45, 2.75) is 27.7 Å². The van der Waals surface area contributed by atoms with Gasteiger partial charge in [0.15, 0.2) is 0 Å². The van der Waals surface area contributed by atoms with Gasteiger partial charge in [-0.25, -0.2) is 4.98 Å². The van der Waals surface area contributed by atoms with E-state index in [9.17, 15) is 0 Å². The highest BCUT2D eigenvalue weighted by atomic mass is 15.2. The molecule has 1 N–H and O–H groups in total. The van der Waals surface area contributed by atoms with Gasteiger partial charge in [-0.1, -0.05) is 33.8 Å². The number of nitrogens with one attached hydrogen (secondary N) is 1. The first-order chi connectivity index (χ1) is 8.02. The third-order valence-corrected chi connectivity index (χ3v) is 2.49. The number of anilines is 2. The highest BCUT2D eigenvalue weighted by Gasteiger charge is 2.11. The minimum Gasteiger partial charge on any atom is -0.373 e. The van der Waals surface area contributed by atoms with Crippen LogP contribution in [0.25, 0.3) is 0 Å². The van der Waals surface area contributed by atoms with Crippen molar-refractivity contribution < 1.29 is 0 Å². The lowest BCUT2D eigenvalue weighted by atomic mass is 10.1. The van der Waals surface area contributed by atoms with E-state index in [0.29, 0.717) is 11.8 Å². The van der Waals surface area contributed by atoms with E-state index in [-0.39, 0.29) is 0 Å². The summed E-state index contributed by atoms with van der Waals surface area (Å²) in [6.45, 7) is 11.1. The molecular formula is C14H25N3. The van der Waals surface area contributed by atoms with Crippen molar-refractivity contribution >= 4 is 11.6 Å². The summed E-state index contributed by atoms with van der Waals surface area (Å²) in [6.07, 6.45) is 0. The fraction of sp³-hybridized carbons (Fsp3) is 0.643. The average molecular weight is 235 g/mol. The Labute approximate surface area is 105 Å². The van der Waals surface area contributed by atoms with Crippen molar-refractivity contribution in [1.29, 1.82) is 0 Å². The Morgan fingerprint density at radius 2 is 1.71 bits per heavy atom. The number of rotatable bonds is 6. The van der Waals surface area contributed by atoms with Gasteiger partial charge in [-0.2, -0.15) is 0 Å². The zero-order chi connectivity index (χ0) is 12.8. The molecule has 0 radical (unpaired) electrons. The van der Waals surface area contributed by atoms with Crippen LogP contribution < -0.4 is 10.2 Å². The van der Waals surface area contributed by atoms with E-state index in [2.05, 4.69) is 55.0 Å². The smallest absolute Gasteiger partial charge is 0.130 e. The molecule has 0 saturated heterocycles. The van der Waals surface area contributed by atoms with Crippen LogP contribution in [-0.2, 0) is 0 Å². The zero-order valence-electron chi connectivity index (χ0n) is 11.7. The number of pyridine rings is 1. The average Bonchev–Trinajstić information content (AvgIpc) is 2.27. The number of hydrogen-bond donors (Lipinski definition) is 1. The van der Waals surface area contributed by atoms with Crippen LogP contribution in [-0.4, -0.2) is 25.1 Å². The third-order valence-electron chi connectivity index (χ3n) is 2.49. The van der Waals surface area contributed by atoms with Crippen LogP contribution in [0.1, 0.15) is 27.7 Å². The van der Waals surface area contributed by atoms with Crippen LogP contribution in [0.2, 0.25) is 0 Å². The first kappa shape index (κ1) is 13.8. The molecule has 1 aromatic heterocycles. The summed E-state index contributed by atoms with van der Waals surface area (Å²) >= 11 is 0. The molecule has 96 valence electrons. The molecule has 0 amide bonds. The second-order valence-corrected chi connectivity index (χ2v) is 5.32. The van der Waals surface area contributed by atoms with Gasteiger partial charge in [-0.3, -0.25) is 0 Å². The predicted octanol–water partition coefficient (Wildman–Crippen LogP) is 3.24. The molecule has 0 aliphatic heterocycles. The molecule has 0 fully saturated rings. The molecule has 3 heteroatoms. The molecule has 0 saturated carbocycles. The Morgan fingerprint density at radius 3 is 2.18 bits per heavy atom. The van der Waals surface area contributed by atoms with Crippen molar-refractivity contribution in [3.8, 4) is 0 Å². The lowest BCUT2D eigenvalue weighted by molar-refractivity contribution is 0.549. The van der Waals surface area contributed by atoms with Gasteiger partial charge in [0.05, 0.1) is 0 Å². The molecule has 0 bridgehead atoms. The molecule has 0 aromatic carbocycles. The SMILES string of the molecule is CNc1cccc(N(CC(C)C)CC(C)C)n1. The van der Waals surface area contributed by atoms with E-state index in [1.54, 1.807) is 0 Å². The maximum Gasteiger partial charge on any atom is 0.130 e. The molecule has 0 aliphatic rings. The fourth-order valence-corrected chi connectivity index (χ4v) is 1.88. The van der Waals surface area contributed by atoms with Crippen LogP contribution in [0.3, 0.4) is 0 Å². The lowest BCUT2D eigenvalue weighted by Gasteiger charge is -2.27. The van der Waals surface area contributed by atoms with E-state index in [1.165, 1.54) is 0 Å². The number of hydrogen-bond acceptors (Lipinski definition) is 3. The normalized spacial score (nSPS) is 11.0. The second kappa shape index (κ2) is 6.48. The van der Waals surface area contributed by atoms with Gasteiger partial charge in [0.2, 0.25) is 0 Å². The van der Waals surface area contributed by atoms with E-state index in [4.69, 9.17) is 0 Å². The summed E-state index contributed by atoms with van der Waals surface area (Å²) in [7, 11) is 1.90. The van der Waals surface area contributed by atoms with Gasteiger partial charge in [0.1, 0.15) is 11.6 Å². The molecule has 1 heterocycles. The highest BCUT2D eigenvalue weighted by Crippen LogP contribution is 2.17. The summed E-state index contributed by atoms with van der Waals surface area (Å²) in [5, 5.41) is 3.09. The van der Waals surface area contributed by atoms with Crippen LogP contribution in [0.15, 0.2) is 18.2 Å². The second-order valence-electron chi connectivity index (χ2n) is 5.32. The summed E-state index contributed by atoms with van der Waals surface area (Å²) < 4.78 is 0. The monoisotopic (exact) mass is 235 g/mol. The Balaban J connectivity index is 2.86. The summed E-state index contributed by atoms with van der Waals surface area (Å²) in [4.78, 5) is 6.98. The number of aromatic nitrogens is 1. The standard InChI is InChI=1S/C14H25N3/c1-11(2)9-17(10-12(3)4)14-8-6-7-13(15-5)16-14/h6-8,11-12H,9-10H2,1-5H3,(H,15,16). The number of nitrogens with zero attached hydrogens (tertiary/aromatic N) is 2. The fourth-order valence-electron chi connectivity index (χ4n) is 1.88. The zero-order valence-corrected chi connectivity index (χ0v) is 11.7. The van der Waals surface area contributed by atoms with Crippen molar-refractivity contribution in [3.63, 3.8) is 0 Å². The highest BCUT2D eigenvalue weighted by molar-refractivity contribution is 5.46. The molecule has 0 unspecified atom stereocenters. The van der Waals surface area contributed by atoms with E-state index < -0.39 is 0 Å². The van der Waals surface area contributed by atoms with E-state index in [0.717, 1.165) is 24.7 Å². The lowest BCUT2D eigenvalue weighted by Crippen LogP contribution is -2.32. The maximum absolute atomic E-state index is 4.61. The van der Waals surface area contributed by atoms with E-state index >= 15 is 0 Å². The minimum absolute atomic E-state index is 0.647. The van der Waals surface area contributed by atoms with Crippen LogP contribution in [0.4, 0.5) is 11.6 Å². The van der Waals surface area contributed by atoms with Gasteiger partial charge >= 0.3 is 0 Å². The summed E-state index contributed by atoms with van der Waals surface area (Å²) in [5.74, 6) is 3.29. The quantitative estimate of drug-likeness (QED) is 0.820.